The summed E-state index contributed by atoms with van der Waals surface area (Å²) in [4.78, 5) is 4.34. The molecular formula is C14H19N5O. The summed E-state index contributed by atoms with van der Waals surface area (Å²) in [7, 11) is 1.66. The summed E-state index contributed by atoms with van der Waals surface area (Å²) >= 11 is 0. The van der Waals surface area contributed by atoms with Gasteiger partial charge in [-0.05, 0) is 31.5 Å². The third-order valence-corrected chi connectivity index (χ3v) is 2.61. The van der Waals surface area contributed by atoms with E-state index in [1.54, 1.807) is 13.3 Å². The molecule has 0 atom stereocenters. The summed E-state index contributed by atoms with van der Waals surface area (Å²) in [6.07, 6.45) is 1.61. The van der Waals surface area contributed by atoms with Gasteiger partial charge >= 0.3 is 0 Å². The predicted molar refractivity (Wildman–Crippen MR) is 78.9 cm³/mol. The third-order valence-electron chi connectivity index (χ3n) is 2.61. The van der Waals surface area contributed by atoms with Crippen molar-refractivity contribution in [3.8, 4) is 5.75 Å². The van der Waals surface area contributed by atoms with E-state index in [4.69, 9.17) is 4.74 Å². The van der Waals surface area contributed by atoms with Crippen LogP contribution in [-0.4, -0.2) is 28.3 Å². The third kappa shape index (κ3) is 4.08. The molecule has 0 fully saturated rings. The second-order valence-electron chi connectivity index (χ2n) is 4.67. The number of hydrogen-bond acceptors (Lipinski definition) is 6. The van der Waals surface area contributed by atoms with Gasteiger partial charge in [0, 0.05) is 12.6 Å². The molecule has 0 bridgehead atoms. The van der Waals surface area contributed by atoms with E-state index in [0.717, 1.165) is 11.3 Å². The second kappa shape index (κ2) is 6.70. The van der Waals surface area contributed by atoms with Crippen LogP contribution in [0.15, 0.2) is 30.5 Å². The molecule has 0 aliphatic carbocycles. The number of nitrogens with zero attached hydrogens (tertiary/aromatic N) is 3. The number of benzene rings is 1. The number of anilines is 2. The summed E-state index contributed by atoms with van der Waals surface area (Å²) in [5.41, 5.74) is 1.14. The Hall–Kier alpha value is -2.37. The molecule has 2 rings (SSSR count). The van der Waals surface area contributed by atoms with Gasteiger partial charge in [-0.1, -0.05) is 12.1 Å². The van der Waals surface area contributed by atoms with Crippen LogP contribution in [0.2, 0.25) is 0 Å². The summed E-state index contributed by atoms with van der Waals surface area (Å²) in [6.45, 7) is 4.73. The molecule has 106 valence electrons. The van der Waals surface area contributed by atoms with Crippen molar-refractivity contribution >= 4 is 11.8 Å². The average molecular weight is 273 g/mol. The van der Waals surface area contributed by atoms with Crippen LogP contribution in [0.4, 0.5) is 11.8 Å². The van der Waals surface area contributed by atoms with Crippen molar-refractivity contribution in [1.29, 1.82) is 0 Å². The zero-order chi connectivity index (χ0) is 14.4. The molecule has 0 unspecified atom stereocenters. The van der Waals surface area contributed by atoms with Gasteiger partial charge in [-0.15, -0.1) is 5.10 Å². The molecular weight excluding hydrogens is 254 g/mol. The van der Waals surface area contributed by atoms with Gasteiger partial charge in [0.2, 0.25) is 5.95 Å². The Morgan fingerprint density at radius 2 is 1.95 bits per heavy atom. The molecule has 6 nitrogen and oxygen atoms in total. The predicted octanol–water partition coefficient (Wildman–Crippen LogP) is 2.31. The molecule has 0 amide bonds. The quantitative estimate of drug-likeness (QED) is 0.841. The minimum absolute atomic E-state index is 0.272. The van der Waals surface area contributed by atoms with Crippen LogP contribution >= 0.6 is 0 Å². The number of methoxy groups -OCH3 is 1. The maximum Gasteiger partial charge on any atom is 0.244 e. The lowest BCUT2D eigenvalue weighted by molar-refractivity contribution is 0.414. The second-order valence-corrected chi connectivity index (χ2v) is 4.67. The molecule has 0 saturated carbocycles. The van der Waals surface area contributed by atoms with Crippen molar-refractivity contribution in [2.45, 2.75) is 26.4 Å². The Bertz CT molecular complexity index is 542. The van der Waals surface area contributed by atoms with Gasteiger partial charge < -0.3 is 15.4 Å². The Balaban J connectivity index is 1.95. The Morgan fingerprint density at radius 1 is 1.20 bits per heavy atom. The first-order valence-corrected chi connectivity index (χ1v) is 6.50. The molecule has 0 saturated heterocycles. The van der Waals surface area contributed by atoms with Crippen LogP contribution < -0.4 is 15.4 Å². The molecule has 20 heavy (non-hydrogen) atoms. The van der Waals surface area contributed by atoms with Crippen LogP contribution in [-0.2, 0) is 6.54 Å². The van der Waals surface area contributed by atoms with Gasteiger partial charge in [-0.25, -0.2) is 0 Å². The maximum atomic E-state index is 5.13. The SMILES string of the molecule is COc1ccc(CNc2cnnc(NC(C)C)n2)cc1. The highest BCUT2D eigenvalue weighted by Gasteiger charge is 2.02. The molecule has 1 aromatic heterocycles. The van der Waals surface area contributed by atoms with Crippen molar-refractivity contribution in [3.63, 3.8) is 0 Å². The van der Waals surface area contributed by atoms with Crippen molar-refractivity contribution in [2.75, 3.05) is 17.7 Å². The summed E-state index contributed by atoms with van der Waals surface area (Å²) in [5.74, 6) is 2.07. The van der Waals surface area contributed by atoms with E-state index in [9.17, 15) is 0 Å². The van der Waals surface area contributed by atoms with E-state index >= 15 is 0 Å². The van der Waals surface area contributed by atoms with E-state index in [1.807, 2.05) is 38.1 Å². The van der Waals surface area contributed by atoms with Crippen LogP contribution in [0.25, 0.3) is 0 Å². The minimum Gasteiger partial charge on any atom is -0.497 e. The first-order valence-electron chi connectivity index (χ1n) is 6.50. The summed E-state index contributed by atoms with van der Waals surface area (Å²) in [5, 5.41) is 14.2. The lowest BCUT2D eigenvalue weighted by Crippen LogP contribution is -2.14. The monoisotopic (exact) mass is 273 g/mol. The van der Waals surface area contributed by atoms with Crippen LogP contribution in [0.3, 0.4) is 0 Å². The molecule has 0 radical (unpaired) electrons. The summed E-state index contributed by atoms with van der Waals surface area (Å²) < 4.78 is 5.13. The van der Waals surface area contributed by atoms with E-state index in [1.165, 1.54) is 0 Å². The lowest BCUT2D eigenvalue weighted by atomic mass is 10.2. The van der Waals surface area contributed by atoms with Gasteiger partial charge in [0.15, 0.2) is 5.82 Å². The van der Waals surface area contributed by atoms with E-state index < -0.39 is 0 Å². The molecule has 0 aliphatic rings. The highest BCUT2D eigenvalue weighted by atomic mass is 16.5. The molecule has 1 heterocycles. The fourth-order valence-corrected chi connectivity index (χ4v) is 1.64. The smallest absolute Gasteiger partial charge is 0.244 e. The fraction of sp³-hybridized carbons (Fsp3) is 0.357. The molecule has 2 N–H and O–H groups in total. The minimum atomic E-state index is 0.272. The standard InChI is InChI=1S/C14H19N5O/c1-10(2)17-14-18-13(9-16-19-14)15-8-11-4-6-12(20-3)7-5-11/h4-7,9-10H,8H2,1-3H3,(H2,15,17,18,19). The van der Waals surface area contributed by atoms with Gasteiger partial charge in [0.1, 0.15) is 5.75 Å². The van der Waals surface area contributed by atoms with E-state index in [2.05, 4.69) is 25.8 Å². The lowest BCUT2D eigenvalue weighted by Gasteiger charge is -2.09. The zero-order valence-electron chi connectivity index (χ0n) is 11.9. The number of nitrogens with one attached hydrogen (secondary N) is 2. The molecule has 0 aliphatic heterocycles. The maximum absolute atomic E-state index is 5.13. The number of ether oxygens (including phenoxy) is 1. The van der Waals surface area contributed by atoms with Crippen molar-refractivity contribution < 1.29 is 4.74 Å². The van der Waals surface area contributed by atoms with E-state index in [-0.39, 0.29) is 6.04 Å². The van der Waals surface area contributed by atoms with Gasteiger partial charge in [-0.3, -0.25) is 0 Å². The summed E-state index contributed by atoms with van der Waals surface area (Å²) in [6, 6.07) is 8.15. The van der Waals surface area contributed by atoms with Crippen LogP contribution in [0.5, 0.6) is 5.75 Å². The van der Waals surface area contributed by atoms with Gasteiger partial charge in [0.25, 0.3) is 0 Å². The van der Waals surface area contributed by atoms with Gasteiger partial charge in [0.05, 0.1) is 13.3 Å². The van der Waals surface area contributed by atoms with Crippen LogP contribution in [0.1, 0.15) is 19.4 Å². The highest BCUT2D eigenvalue weighted by molar-refractivity contribution is 5.38. The van der Waals surface area contributed by atoms with Crippen molar-refractivity contribution in [1.82, 2.24) is 15.2 Å². The molecule has 2 aromatic rings. The van der Waals surface area contributed by atoms with Gasteiger partial charge in [-0.2, -0.15) is 10.1 Å². The molecule has 6 heteroatoms. The number of hydrogen-bond donors (Lipinski definition) is 2. The first kappa shape index (κ1) is 14.0. The average Bonchev–Trinajstić information content (AvgIpc) is 2.45. The van der Waals surface area contributed by atoms with Crippen molar-refractivity contribution in [3.05, 3.63) is 36.0 Å². The molecule has 0 spiro atoms. The number of aromatic nitrogens is 3. The highest BCUT2D eigenvalue weighted by Crippen LogP contribution is 2.12. The zero-order valence-corrected chi connectivity index (χ0v) is 11.9. The first-order chi connectivity index (χ1) is 9.67. The Kier molecular flexibility index (Phi) is 4.70. The molecule has 1 aromatic carbocycles. The number of rotatable bonds is 6. The Labute approximate surface area is 118 Å². The fourth-order valence-electron chi connectivity index (χ4n) is 1.64. The van der Waals surface area contributed by atoms with Crippen LogP contribution in [0, 0.1) is 0 Å². The normalized spacial score (nSPS) is 10.4. The van der Waals surface area contributed by atoms with Crippen molar-refractivity contribution in [2.24, 2.45) is 0 Å². The Morgan fingerprint density at radius 3 is 2.60 bits per heavy atom. The largest absolute Gasteiger partial charge is 0.497 e. The van der Waals surface area contributed by atoms with E-state index in [0.29, 0.717) is 18.3 Å². The topological polar surface area (TPSA) is 72.0 Å².